The van der Waals surface area contributed by atoms with Gasteiger partial charge >= 0.3 is 19.8 Å². The highest BCUT2D eigenvalue weighted by atomic mass is 31.2. The van der Waals surface area contributed by atoms with E-state index in [4.69, 9.17) is 19.3 Å². The first-order valence-corrected chi connectivity index (χ1v) is 22.2. The number of hydrogen-bond acceptors (Lipinski definition) is 9. The van der Waals surface area contributed by atoms with E-state index in [1.807, 2.05) is 12.2 Å². The van der Waals surface area contributed by atoms with Gasteiger partial charge < -0.3 is 29.5 Å². The molecule has 0 bridgehead atoms. The average Bonchev–Trinajstić information content (AvgIpc) is 3.41. The first-order valence-electron chi connectivity index (χ1n) is 20.7. The van der Waals surface area contributed by atoms with E-state index in [-0.39, 0.29) is 43.5 Å². The molecule has 0 spiro atoms. The van der Waals surface area contributed by atoms with Crippen LogP contribution in [-0.4, -0.2) is 69.2 Å². The molecule has 4 N–H and O–H groups in total. The molecule has 0 unspecified atom stereocenters. The number of rotatable bonds is 33. The number of ketones is 1. The Morgan fingerprint density at radius 3 is 1.98 bits per heavy atom. The summed E-state index contributed by atoms with van der Waals surface area (Å²) in [5, 5.41) is 20.6. The second kappa shape index (κ2) is 32.4. The third kappa shape index (κ3) is 28.4. The molecule has 0 amide bonds. The van der Waals surface area contributed by atoms with E-state index < -0.39 is 44.7 Å². The van der Waals surface area contributed by atoms with Crippen LogP contribution in [0.1, 0.15) is 149 Å². The third-order valence-corrected chi connectivity index (χ3v) is 9.89. The van der Waals surface area contributed by atoms with Gasteiger partial charge in [-0.25, -0.2) is 4.57 Å². The number of aliphatic hydroxyl groups is 2. The quantitative estimate of drug-likeness (QED) is 0.0216. The van der Waals surface area contributed by atoms with Gasteiger partial charge in [0.15, 0.2) is 6.10 Å². The monoisotopic (exact) mass is 794 g/mol. The first kappa shape index (κ1) is 50.4. The second-order valence-electron chi connectivity index (χ2n) is 14.4. The lowest BCUT2D eigenvalue weighted by Gasteiger charge is -2.19. The Morgan fingerprint density at radius 1 is 0.764 bits per heavy atom. The van der Waals surface area contributed by atoms with Crippen molar-refractivity contribution in [1.29, 1.82) is 0 Å². The van der Waals surface area contributed by atoms with Crippen molar-refractivity contribution in [3.63, 3.8) is 0 Å². The van der Waals surface area contributed by atoms with Gasteiger partial charge in [0.05, 0.1) is 18.8 Å². The third-order valence-electron chi connectivity index (χ3n) is 9.40. The standard InChI is InChI=1S/C43H71O11P/c1-3-5-7-8-9-10-11-12-13-14-15-16-17-18-19-20-25-29-42(47)52-34-37(35-53-55(49,50)51)54-43(48)30-26-22-21-24-28-38-39(41(46)33-40(38)45)32-31-36(44)27-23-6-4-2/h9-10,12-13,15-16,18-19,31-32,36-39,41,44,46H,3-8,11,14,17,20-30,33-35H2,1-2H3,(H2,49,50,51)/b10-9-,13-12-,16-15-,19-18-,32-31+/t36-,37+,38+,39+,41+/m0/s1. The van der Waals surface area contributed by atoms with E-state index in [0.717, 1.165) is 57.8 Å². The van der Waals surface area contributed by atoms with E-state index in [2.05, 4.69) is 54.8 Å². The highest BCUT2D eigenvalue weighted by Gasteiger charge is 2.39. The number of carbonyl (C=O) groups excluding carboxylic acids is 3. The maximum atomic E-state index is 12.5. The molecule has 1 aliphatic carbocycles. The minimum atomic E-state index is -4.84. The van der Waals surface area contributed by atoms with Crippen molar-refractivity contribution < 1.29 is 52.9 Å². The minimum Gasteiger partial charge on any atom is -0.462 e. The molecule has 11 nitrogen and oxygen atoms in total. The van der Waals surface area contributed by atoms with Crippen molar-refractivity contribution in [2.45, 2.75) is 167 Å². The maximum absolute atomic E-state index is 12.5. The Bertz CT molecular complexity index is 1230. The number of ether oxygens (including phenoxy) is 2. The number of aliphatic hydroxyl groups excluding tert-OH is 2. The van der Waals surface area contributed by atoms with E-state index >= 15 is 0 Å². The molecule has 0 aliphatic heterocycles. The summed E-state index contributed by atoms with van der Waals surface area (Å²) >= 11 is 0. The Morgan fingerprint density at radius 2 is 1.35 bits per heavy atom. The Kier molecular flexibility index (Phi) is 29.7. The van der Waals surface area contributed by atoms with Gasteiger partial charge in [0.25, 0.3) is 0 Å². The normalized spacial score (nSPS) is 19.2. The maximum Gasteiger partial charge on any atom is 0.469 e. The van der Waals surface area contributed by atoms with Crippen LogP contribution in [0, 0.1) is 11.8 Å². The molecule has 0 saturated heterocycles. The van der Waals surface area contributed by atoms with Gasteiger partial charge in [0.2, 0.25) is 0 Å². The molecule has 1 fully saturated rings. The number of allylic oxidation sites excluding steroid dienone is 8. The molecule has 0 aromatic carbocycles. The van der Waals surface area contributed by atoms with Gasteiger partial charge in [0.1, 0.15) is 12.4 Å². The number of phosphoric ester groups is 1. The highest BCUT2D eigenvalue weighted by Crippen LogP contribution is 2.36. The molecule has 314 valence electrons. The van der Waals surface area contributed by atoms with Crippen LogP contribution in [0.3, 0.4) is 0 Å². The molecule has 0 aromatic heterocycles. The molecule has 0 heterocycles. The van der Waals surface area contributed by atoms with Crippen molar-refractivity contribution >= 4 is 25.5 Å². The molecule has 1 saturated carbocycles. The molecule has 55 heavy (non-hydrogen) atoms. The van der Waals surface area contributed by atoms with Crippen LogP contribution in [-0.2, 0) is 32.9 Å². The van der Waals surface area contributed by atoms with Crippen LogP contribution >= 0.6 is 7.82 Å². The largest absolute Gasteiger partial charge is 0.469 e. The summed E-state index contributed by atoms with van der Waals surface area (Å²) in [4.78, 5) is 55.6. The van der Waals surface area contributed by atoms with E-state index in [1.54, 1.807) is 12.2 Å². The fraction of sp³-hybridized carbons (Fsp3) is 0.698. The molecule has 12 heteroatoms. The fourth-order valence-electron chi connectivity index (χ4n) is 6.26. The highest BCUT2D eigenvalue weighted by molar-refractivity contribution is 7.46. The van der Waals surface area contributed by atoms with Crippen molar-refractivity contribution in [2.75, 3.05) is 13.2 Å². The topological polar surface area (TPSA) is 177 Å². The van der Waals surface area contributed by atoms with E-state index in [9.17, 15) is 29.2 Å². The summed E-state index contributed by atoms with van der Waals surface area (Å²) < 4.78 is 26.3. The fourth-order valence-corrected chi connectivity index (χ4v) is 6.62. The summed E-state index contributed by atoms with van der Waals surface area (Å²) in [5.74, 6) is -1.69. The zero-order valence-electron chi connectivity index (χ0n) is 33.5. The van der Waals surface area contributed by atoms with Gasteiger partial charge in [-0.3, -0.25) is 18.9 Å². The van der Waals surface area contributed by atoms with Crippen LogP contribution < -0.4 is 0 Å². The zero-order valence-corrected chi connectivity index (χ0v) is 34.4. The van der Waals surface area contributed by atoms with Gasteiger partial charge in [-0.05, 0) is 64.2 Å². The first-order chi connectivity index (χ1) is 26.5. The van der Waals surface area contributed by atoms with Crippen molar-refractivity contribution in [3.05, 3.63) is 60.8 Å². The van der Waals surface area contributed by atoms with Gasteiger partial charge in [-0.1, -0.05) is 126 Å². The molecule has 5 atom stereocenters. The predicted octanol–water partition coefficient (Wildman–Crippen LogP) is 9.10. The average molecular weight is 795 g/mol. The smallest absolute Gasteiger partial charge is 0.462 e. The number of carbonyl (C=O) groups is 3. The number of Topliss-reactive ketones (excluding diaryl/α,β-unsaturated/α-hetero) is 1. The van der Waals surface area contributed by atoms with E-state index in [1.165, 1.54) is 19.3 Å². The van der Waals surface area contributed by atoms with Crippen LogP contribution in [0.15, 0.2) is 60.8 Å². The summed E-state index contributed by atoms with van der Waals surface area (Å²) in [6.07, 6.45) is 34.2. The van der Waals surface area contributed by atoms with Crippen LogP contribution in [0.5, 0.6) is 0 Å². The van der Waals surface area contributed by atoms with Gasteiger partial charge in [-0.15, -0.1) is 0 Å². The Balaban J connectivity index is 2.32. The van der Waals surface area contributed by atoms with Crippen molar-refractivity contribution in [1.82, 2.24) is 0 Å². The molecular formula is C43H71O11P. The molecule has 1 aliphatic rings. The summed E-state index contributed by atoms with van der Waals surface area (Å²) in [6.45, 7) is 3.30. The lowest BCUT2D eigenvalue weighted by molar-refractivity contribution is -0.161. The van der Waals surface area contributed by atoms with Crippen molar-refractivity contribution in [2.24, 2.45) is 11.8 Å². The molecule has 0 radical (unpaired) electrons. The van der Waals surface area contributed by atoms with E-state index in [0.29, 0.717) is 38.5 Å². The second-order valence-corrected chi connectivity index (χ2v) is 15.6. The predicted molar refractivity (Wildman–Crippen MR) is 217 cm³/mol. The molecule has 1 rings (SSSR count). The number of hydrogen-bond donors (Lipinski definition) is 4. The lowest BCUT2D eigenvalue weighted by atomic mass is 9.88. The molecular weight excluding hydrogens is 723 g/mol. The summed E-state index contributed by atoms with van der Waals surface area (Å²) in [7, 11) is -4.84. The number of phosphoric acid groups is 1. The van der Waals surface area contributed by atoms with Crippen molar-refractivity contribution in [3.8, 4) is 0 Å². The summed E-state index contributed by atoms with van der Waals surface area (Å²) in [5.41, 5.74) is 0. The minimum absolute atomic E-state index is 0.0296. The SMILES string of the molecule is CCCCC/C=C\C/C=C\C/C=C\C/C=C\CCCC(=O)OC[C@H](COP(=O)(O)O)OC(=O)CCCCCC[C@H]1C(=O)C[C@@H](O)[C@@H]1/C=C/[C@@H](O)CCCCC. The Labute approximate surface area is 330 Å². The molecule has 0 aromatic rings. The zero-order chi connectivity index (χ0) is 40.6. The number of unbranched alkanes of at least 4 members (excludes halogenated alkanes) is 9. The summed E-state index contributed by atoms with van der Waals surface area (Å²) in [6, 6.07) is 0. The lowest BCUT2D eigenvalue weighted by Crippen LogP contribution is -2.29. The Hall–Kier alpha value is -2.66. The van der Waals surface area contributed by atoms with Gasteiger partial charge in [0, 0.05) is 31.1 Å². The van der Waals surface area contributed by atoms with Crippen LogP contribution in [0.4, 0.5) is 0 Å². The van der Waals surface area contributed by atoms with Crippen LogP contribution in [0.2, 0.25) is 0 Å². The van der Waals surface area contributed by atoms with Crippen LogP contribution in [0.25, 0.3) is 0 Å². The van der Waals surface area contributed by atoms with Gasteiger partial charge in [-0.2, -0.15) is 0 Å². The number of esters is 2.